The van der Waals surface area contributed by atoms with Crippen LogP contribution in [0.3, 0.4) is 0 Å². The lowest BCUT2D eigenvalue weighted by molar-refractivity contribution is -0.142. The minimum absolute atomic E-state index is 0.107. The number of methoxy groups -OCH3 is 1. The molecular formula is C20H24Cl2F3N5O2. The first-order valence-corrected chi connectivity index (χ1v) is 10.7. The zero-order valence-electron chi connectivity index (χ0n) is 17.9. The summed E-state index contributed by atoms with van der Waals surface area (Å²) in [5, 5.41) is 6.65. The highest BCUT2D eigenvalue weighted by Crippen LogP contribution is 2.36. The number of hydrogen-bond donors (Lipinski definition) is 1. The molecule has 0 radical (unpaired) electrons. The average Bonchev–Trinajstić information content (AvgIpc) is 3.03. The van der Waals surface area contributed by atoms with Gasteiger partial charge in [-0.05, 0) is 25.6 Å². The van der Waals surface area contributed by atoms with Crippen LogP contribution in [0.5, 0.6) is 5.75 Å². The number of ether oxygens (including phenoxy) is 1. The molecule has 1 amide bonds. The van der Waals surface area contributed by atoms with E-state index in [0.29, 0.717) is 43.5 Å². The predicted octanol–water partition coefficient (Wildman–Crippen LogP) is 3.59. The summed E-state index contributed by atoms with van der Waals surface area (Å²) in [4.78, 5) is 16.5. The number of benzene rings is 1. The molecule has 0 atom stereocenters. The van der Waals surface area contributed by atoms with E-state index >= 15 is 0 Å². The number of alkyl halides is 3. The summed E-state index contributed by atoms with van der Waals surface area (Å²) in [6.45, 7) is 3.67. The molecule has 176 valence electrons. The van der Waals surface area contributed by atoms with Crippen molar-refractivity contribution in [1.29, 1.82) is 0 Å². The highest BCUT2D eigenvalue weighted by atomic mass is 35.5. The Labute approximate surface area is 194 Å². The van der Waals surface area contributed by atoms with Gasteiger partial charge < -0.3 is 19.9 Å². The molecule has 1 saturated heterocycles. The SMILES string of the molecule is CNCc1cc(Cl)c(OC)cc1N1CCN(C(=O)Cn2nc(C(F)(F)F)c(Cl)c2C)CC1. The number of piperazine rings is 1. The lowest BCUT2D eigenvalue weighted by atomic mass is 10.1. The summed E-state index contributed by atoms with van der Waals surface area (Å²) >= 11 is 12.0. The number of rotatable bonds is 6. The summed E-state index contributed by atoms with van der Waals surface area (Å²) in [5.74, 6) is 0.247. The zero-order valence-corrected chi connectivity index (χ0v) is 19.4. The van der Waals surface area contributed by atoms with E-state index in [2.05, 4.69) is 15.3 Å². The van der Waals surface area contributed by atoms with Gasteiger partial charge in [0.2, 0.25) is 5.91 Å². The Morgan fingerprint density at radius 1 is 1.22 bits per heavy atom. The van der Waals surface area contributed by atoms with Crippen molar-refractivity contribution in [3.63, 3.8) is 0 Å². The topological polar surface area (TPSA) is 62.6 Å². The van der Waals surface area contributed by atoms with E-state index in [4.69, 9.17) is 27.9 Å². The molecule has 12 heteroatoms. The molecule has 1 fully saturated rings. The predicted molar refractivity (Wildman–Crippen MR) is 117 cm³/mol. The molecule has 1 N–H and O–H groups in total. The van der Waals surface area contributed by atoms with Gasteiger partial charge in [-0.2, -0.15) is 18.3 Å². The molecule has 0 aliphatic carbocycles. The molecule has 1 aliphatic heterocycles. The number of nitrogens with one attached hydrogen (secondary N) is 1. The van der Waals surface area contributed by atoms with E-state index in [9.17, 15) is 18.0 Å². The molecule has 0 bridgehead atoms. The van der Waals surface area contributed by atoms with Crippen molar-refractivity contribution in [2.75, 3.05) is 45.2 Å². The lowest BCUT2D eigenvalue weighted by Gasteiger charge is -2.37. The Morgan fingerprint density at radius 2 is 1.88 bits per heavy atom. The summed E-state index contributed by atoms with van der Waals surface area (Å²) in [6.07, 6.45) is -4.67. The van der Waals surface area contributed by atoms with Crippen LogP contribution in [0.1, 0.15) is 17.0 Å². The molecule has 1 aliphatic rings. The standard InChI is InChI=1S/C20H24Cl2F3N5O2/c1-12-18(22)19(20(23,24)25)27-30(12)11-17(31)29-6-4-28(5-7-29)15-9-16(32-3)14(21)8-13(15)10-26-2/h8-9,26H,4-7,10-11H2,1-3H3. The van der Waals surface area contributed by atoms with Crippen molar-refractivity contribution in [2.45, 2.75) is 26.2 Å². The van der Waals surface area contributed by atoms with Crippen LogP contribution >= 0.6 is 23.2 Å². The van der Waals surface area contributed by atoms with Gasteiger partial charge >= 0.3 is 6.18 Å². The van der Waals surface area contributed by atoms with Gasteiger partial charge in [0.25, 0.3) is 0 Å². The number of anilines is 1. The Hall–Kier alpha value is -2.17. The fraction of sp³-hybridized carbons (Fsp3) is 0.500. The van der Waals surface area contributed by atoms with Gasteiger partial charge in [-0.25, -0.2) is 0 Å². The molecule has 0 unspecified atom stereocenters. The van der Waals surface area contributed by atoms with Crippen LogP contribution in [0.25, 0.3) is 0 Å². The normalized spacial score (nSPS) is 14.8. The molecule has 3 rings (SSSR count). The second-order valence-electron chi connectivity index (χ2n) is 7.42. The van der Waals surface area contributed by atoms with Gasteiger partial charge in [-0.1, -0.05) is 23.2 Å². The quantitative estimate of drug-likeness (QED) is 0.666. The lowest BCUT2D eigenvalue weighted by Crippen LogP contribution is -2.50. The van der Waals surface area contributed by atoms with Crippen LogP contribution in [-0.4, -0.2) is 60.9 Å². The number of halogens is 5. The number of hydrogen-bond acceptors (Lipinski definition) is 5. The fourth-order valence-corrected chi connectivity index (χ4v) is 4.16. The second-order valence-corrected chi connectivity index (χ2v) is 8.20. The molecule has 32 heavy (non-hydrogen) atoms. The van der Waals surface area contributed by atoms with E-state index in [1.807, 2.05) is 19.2 Å². The molecular weight excluding hydrogens is 470 g/mol. The van der Waals surface area contributed by atoms with Crippen molar-refractivity contribution >= 4 is 34.8 Å². The van der Waals surface area contributed by atoms with Crippen LogP contribution in [0.15, 0.2) is 12.1 Å². The van der Waals surface area contributed by atoms with Crippen molar-refractivity contribution in [3.05, 3.63) is 39.1 Å². The number of aromatic nitrogens is 2. The summed E-state index contributed by atoms with van der Waals surface area (Å²) < 4.78 is 45.4. The maximum Gasteiger partial charge on any atom is 0.436 e. The number of carbonyl (C=O) groups excluding carboxylic acids is 1. The molecule has 0 saturated carbocycles. The Balaban J connectivity index is 1.70. The van der Waals surface area contributed by atoms with Crippen molar-refractivity contribution in [3.8, 4) is 5.75 Å². The summed E-state index contributed by atoms with van der Waals surface area (Å²) in [7, 11) is 3.39. The van der Waals surface area contributed by atoms with E-state index in [-0.39, 0.29) is 18.1 Å². The van der Waals surface area contributed by atoms with Crippen LogP contribution in [-0.2, 0) is 24.1 Å². The van der Waals surface area contributed by atoms with Gasteiger partial charge in [-0.15, -0.1) is 0 Å². The molecule has 0 spiro atoms. The second kappa shape index (κ2) is 9.76. The first kappa shape index (κ1) is 24.5. The molecule has 1 aromatic heterocycles. The largest absolute Gasteiger partial charge is 0.495 e. The first-order valence-electron chi connectivity index (χ1n) is 9.90. The maximum absolute atomic E-state index is 13.0. The molecule has 2 aromatic rings. The fourth-order valence-electron chi connectivity index (χ4n) is 3.65. The molecule has 2 heterocycles. The molecule has 7 nitrogen and oxygen atoms in total. The third-order valence-electron chi connectivity index (χ3n) is 5.38. The van der Waals surface area contributed by atoms with Crippen LogP contribution in [0.2, 0.25) is 10.0 Å². The van der Waals surface area contributed by atoms with Gasteiger partial charge in [-0.3, -0.25) is 9.48 Å². The number of nitrogens with zero attached hydrogens (tertiary/aromatic N) is 4. The highest BCUT2D eigenvalue weighted by Gasteiger charge is 2.38. The van der Waals surface area contributed by atoms with Gasteiger partial charge in [0, 0.05) is 44.5 Å². The van der Waals surface area contributed by atoms with Crippen molar-refractivity contribution in [1.82, 2.24) is 20.0 Å². The highest BCUT2D eigenvalue weighted by molar-refractivity contribution is 6.32. The van der Waals surface area contributed by atoms with Gasteiger partial charge in [0.1, 0.15) is 12.3 Å². The Bertz CT molecular complexity index is 989. The third kappa shape index (κ3) is 5.07. The number of carbonyl (C=O) groups is 1. The van der Waals surface area contributed by atoms with Crippen LogP contribution in [0, 0.1) is 6.92 Å². The Kier molecular flexibility index (Phi) is 7.46. The van der Waals surface area contributed by atoms with Crippen LogP contribution in [0.4, 0.5) is 18.9 Å². The third-order valence-corrected chi connectivity index (χ3v) is 6.13. The summed E-state index contributed by atoms with van der Waals surface area (Å²) in [6, 6.07) is 3.73. The van der Waals surface area contributed by atoms with Crippen molar-refractivity contribution in [2.24, 2.45) is 0 Å². The van der Waals surface area contributed by atoms with Gasteiger partial charge in [0.15, 0.2) is 5.69 Å². The van der Waals surface area contributed by atoms with E-state index in [1.165, 1.54) is 6.92 Å². The molecule has 1 aromatic carbocycles. The van der Waals surface area contributed by atoms with Gasteiger partial charge in [0.05, 0.1) is 22.8 Å². The minimum atomic E-state index is -4.67. The zero-order chi connectivity index (χ0) is 23.6. The maximum atomic E-state index is 13.0. The monoisotopic (exact) mass is 493 g/mol. The van der Waals surface area contributed by atoms with E-state index < -0.39 is 16.9 Å². The van der Waals surface area contributed by atoms with E-state index in [1.54, 1.807) is 12.0 Å². The minimum Gasteiger partial charge on any atom is -0.495 e. The smallest absolute Gasteiger partial charge is 0.436 e. The summed E-state index contributed by atoms with van der Waals surface area (Å²) in [5.41, 5.74) is 0.885. The number of amides is 1. The van der Waals surface area contributed by atoms with E-state index in [0.717, 1.165) is 15.9 Å². The first-order chi connectivity index (χ1) is 15.1. The average molecular weight is 494 g/mol. The Morgan fingerprint density at radius 3 is 2.41 bits per heavy atom. The van der Waals surface area contributed by atoms with Crippen LogP contribution < -0.4 is 15.0 Å². The van der Waals surface area contributed by atoms with Crippen molar-refractivity contribution < 1.29 is 22.7 Å².